The van der Waals surface area contributed by atoms with Crippen LogP contribution in [0.15, 0.2) is 89.9 Å². The molecule has 0 amide bonds. The normalized spacial score (nSPS) is 9.93. The van der Waals surface area contributed by atoms with Gasteiger partial charge < -0.3 is 29.6 Å². The van der Waals surface area contributed by atoms with E-state index < -0.39 is 0 Å². The molecule has 4 aromatic carbocycles. The molecule has 0 aliphatic heterocycles. The number of benzene rings is 4. The van der Waals surface area contributed by atoms with Crippen LogP contribution in [0, 0.1) is 27.7 Å². The summed E-state index contributed by atoms with van der Waals surface area (Å²) >= 11 is 9.71. The summed E-state index contributed by atoms with van der Waals surface area (Å²) in [5.41, 5.74) is 5.99. The van der Waals surface area contributed by atoms with Crippen LogP contribution in [0.4, 0.5) is 11.4 Å². The zero-order chi connectivity index (χ0) is 31.7. The number of nitrogens with one attached hydrogen (secondary N) is 2. The minimum atomic E-state index is 0.472. The molecule has 0 bridgehead atoms. The largest absolute Gasteiger partial charge is 0.490 e. The number of rotatable bonds is 12. The summed E-state index contributed by atoms with van der Waals surface area (Å²) in [4.78, 5) is 3.95. The number of thiocarbonyl (C=S) groups is 2. The predicted octanol–water partition coefficient (Wildman–Crippen LogP) is 8.17. The maximum Gasteiger partial charge on any atom is 0.170 e. The second-order valence-electron chi connectivity index (χ2n) is 9.76. The molecule has 0 saturated heterocycles. The average molecular weight is 630 g/mol. The fourth-order valence-electron chi connectivity index (χ4n) is 3.94. The number of para-hydroxylation sites is 2. The van der Waals surface area contributed by atoms with Gasteiger partial charge in [0.2, 0.25) is 0 Å². The lowest BCUT2D eigenvalue weighted by atomic mass is 10.2. The van der Waals surface area contributed by atoms with Crippen LogP contribution in [0.5, 0.6) is 23.0 Å². The number of hydrogen-bond donors (Lipinski definition) is 2. The van der Waals surface area contributed by atoms with Gasteiger partial charge >= 0.3 is 0 Å². The molecule has 0 aromatic heterocycles. The van der Waals surface area contributed by atoms with Crippen LogP contribution < -0.4 is 29.6 Å². The molecule has 0 aliphatic rings. The molecule has 4 rings (SSSR count). The zero-order valence-electron chi connectivity index (χ0n) is 25.8. The van der Waals surface area contributed by atoms with Crippen LogP contribution in [0.3, 0.4) is 0 Å². The quantitative estimate of drug-likeness (QED) is 0.0924. The lowest BCUT2D eigenvalue weighted by Gasteiger charge is -2.13. The molecule has 0 fully saturated rings. The maximum atomic E-state index is 5.83. The fraction of sp³-hybridized carbons (Fsp3) is 0.257. The van der Waals surface area contributed by atoms with Crippen molar-refractivity contribution >= 4 is 46.1 Å². The lowest BCUT2D eigenvalue weighted by molar-refractivity contribution is 0.215. The van der Waals surface area contributed by atoms with Gasteiger partial charge in [-0.25, -0.2) is 0 Å². The van der Waals surface area contributed by atoms with E-state index in [9.17, 15) is 0 Å². The minimum Gasteiger partial charge on any atom is -0.490 e. The molecule has 4 aromatic rings. The number of ether oxygens (including phenoxy) is 4. The summed E-state index contributed by atoms with van der Waals surface area (Å²) in [6, 6.07) is 27.5. The van der Waals surface area contributed by atoms with Crippen molar-refractivity contribution in [3.8, 4) is 23.0 Å². The van der Waals surface area contributed by atoms with Crippen LogP contribution in [0.2, 0.25) is 0 Å². The molecular formula is C35H39N3O4S2. The third kappa shape index (κ3) is 11.3. The second kappa shape index (κ2) is 18.3. The Hall–Kier alpha value is -4.43. The molecule has 0 unspecified atom stereocenters. The van der Waals surface area contributed by atoms with Crippen molar-refractivity contribution < 1.29 is 18.9 Å². The van der Waals surface area contributed by atoms with Crippen LogP contribution in [-0.4, -0.2) is 43.7 Å². The molecule has 0 atom stereocenters. The van der Waals surface area contributed by atoms with Crippen LogP contribution in [-0.2, 0) is 0 Å². The topological polar surface area (TPSA) is 73.3 Å². The third-order valence-corrected chi connectivity index (χ3v) is 6.80. The molecular weight excluding hydrogens is 591 g/mol. The van der Waals surface area contributed by atoms with E-state index in [2.05, 4.69) is 33.0 Å². The van der Waals surface area contributed by atoms with E-state index in [1.54, 1.807) is 7.05 Å². The van der Waals surface area contributed by atoms with E-state index in [4.69, 9.17) is 31.2 Å². The molecule has 0 saturated carbocycles. The summed E-state index contributed by atoms with van der Waals surface area (Å²) in [6.07, 6.45) is 0. The van der Waals surface area contributed by atoms with Crippen molar-refractivity contribution in [2.75, 3.05) is 38.8 Å². The number of aliphatic imine (C=N–C) groups is 1. The zero-order valence-corrected chi connectivity index (χ0v) is 27.4. The number of isothiocyanates is 1. The van der Waals surface area contributed by atoms with Crippen molar-refractivity contribution in [3.63, 3.8) is 0 Å². The molecule has 2 N–H and O–H groups in total. The highest BCUT2D eigenvalue weighted by Gasteiger charge is 2.05. The first-order chi connectivity index (χ1) is 21.3. The van der Waals surface area contributed by atoms with E-state index >= 15 is 0 Å². The van der Waals surface area contributed by atoms with Crippen LogP contribution >= 0.6 is 24.4 Å². The van der Waals surface area contributed by atoms with Crippen LogP contribution in [0.25, 0.3) is 0 Å². The highest BCUT2D eigenvalue weighted by molar-refractivity contribution is 7.80. The van der Waals surface area contributed by atoms with Gasteiger partial charge in [-0.15, -0.1) is 0 Å². The SMILES string of the molecule is CNC(=S)Nc1ccc(C)c(OCCOc2ccccc2C)c1.Cc1ccccc1OCCOc1cc(N=C=S)ccc1C. The Bertz CT molecular complexity index is 1570. The van der Waals surface area contributed by atoms with Crippen molar-refractivity contribution in [1.29, 1.82) is 0 Å². The minimum absolute atomic E-state index is 0.472. The van der Waals surface area contributed by atoms with Gasteiger partial charge in [-0.1, -0.05) is 48.5 Å². The van der Waals surface area contributed by atoms with Gasteiger partial charge in [0.15, 0.2) is 5.11 Å². The van der Waals surface area contributed by atoms with E-state index in [1.165, 1.54) is 0 Å². The van der Waals surface area contributed by atoms with Gasteiger partial charge in [0.1, 0.15) is 49.4 Å². The number of aryl methyl sites for hydroxylation is 4. The Morgan fingerprint density at radius 2 is 1.09 bits per heavy atom. The van der Waals surface area contributed by atoms with E-state index in [0.29, 0.717) is 31.5 Å². The highest BCUT2D eigenvalue weighted by Crippen LogP contribution is 2.25. The summed E-state index contributed by atoms with van der Waals surface area (Å²) in [5.74, 6) is 3.39. The smallest absolute Gasteiger partial charge is 0.170 e. The summed E-state index contributed by atoms with van der Waals surface area (Å²) in [5, 5.41) is 8.90. The first-order valence-corrected chi connectivity index (χ1v) is 15.0. The van der Waals surface area contributed by atoms with Gasteiger partial charge in [-0.2, -0.15) is 4.99 Å². The third-order valence-electron chi connectivity index (χ3n) is 6.40. The lowest BCUT2D eigenvalue weighted by Crippen LogP contribution is -2.24. The average Bonchev–Trinajstić information content (AvgIpc) is 3.02. The molecule has 0 heterocycles. The Kier molecular flexibility index (Phi) is 14.2. The highest BCUT2D eigenvalue weighted by atomic mass is 32.1. The molecule has 0 aliphatic carbocycles. The van der Waals surface area contributed by atoms with E-state index in [-0.39, 0.29) is 0 Å². The van der Waals surface area contributed by atoms with E-state index in [0.717, 1.165) is 56.6 Å². The Balaban J connectivity index is 0.000000241. The van der Waals surface area contributed by atoms with Crippen molar-refractivity contribution in [1.82, 2.24) is 5.32 Å². The summed E-state index contributed by atoms with van der Waals surface area (Å²) in [7, 11) is 1.78. The van der Waals surface area contributed by atoms with Gasteiger partial charge in [0.05, 0.1) is 10.8 Å². The van der Waals surface area contributed by atoms with Gasteiger partial charge in [-0.3, -0.25) is 0 Å². The Labute approximate surface area is 271 Å². The molecule has 0 radical (unpaired) electrons. The molecule has 7 nitrogen and oxygen atoms in total. The summed E-state index contributed by atoms with van der Waals surface area (Å²) in [6.45, 7) is 9.99. The van der Waals surface area contributed by atoms with Crippen molar-refractivity contribution in [2.45, 2.75) is 27.7 Å². The predicted molar refractivity (Wildman–Crippen MR) is 187 cm³/mol. The number of anilines is 1. The first kappa shape index (κ1) is 34.1. The Morgan fingerprint density at radius 3 is 1.59 bits per heavy atom. The summed E-state index contributed by atoms with van der Waals surface area (Å²) < 4.78 is 23.0. The second-order valence-corrected chi connectivity index (χ2v) is 10.4. The van der Waals surface area contributed by atoms with E-state index in [1.807, 2.05) is 113 Å². The van der Waals surface area contributed by atoms with Crippen LogP contribution in [0.1, 0.15) is 22.3 Å². The standard InChI is InChI=1S/C18H22N2O2S.C17H17NO2S/c1-13-6-4-5-7-16(13)21-10-11-22-17-12-15(9-8-14(17)2)20-18(23)19-3;1-13-5-3-4-6-16(13)19-9-10-20-17-11-15(18-12-21)8-7-14(17)2/h4-9,12H,10-11H2,1-3H3,(H2,19,20,23);3-8,11H,9-10H2,1-2H3. The monoisotopic (exact) mass is 629 g/mol. The molecule has 9 heteroatoms. The van der Waals surface area contributed by atoms with Crippen molar-refractivity contribution in [2.24, 2.45) is 4.99 Å². The van der Waals surface area contributed by atoms with Gasteiger partial charge in [-0.05, 0) is 98.6 Å². The number of hydrogen-bond acceptors (Lipinski definition) is 7. The first-order valence-electron chi connectivity index (χ1n) is 14.2. The number of nitrogens with zero attached hydrogens (tertiary/aromatic N) is 1. The van der Waals surface area contributed by atoms with Gasteiger partial charge in [0.25, 0.3) is 0 Å². The maximum absolute atomic E-state index is 5.83. The molecule has 230 valence electrons. The van der Waals surface area contributed by atoms with Gasteiger partial charge in [0, 0.05) is 24.9 Å². The molecule has 44 heavy (non-hydrogen) atoms. The van der Waals surface area contributed by atoms with Crippen molar-refractivity contribution in [3.05, 3.63) is 107 Å². The molecule has 0 spiro atoms. The fourth-order valence-corrected chi connectivity index (χ4v) is 4.16. The Morgan fingerprint density at radius 1 is 0.636 bits per heavy atom.